The first-order valence-corrected chi connectivity index (χ1v) is 15.8. The van der Waals surface area contributed by atoms with Gasteiger partial charge in [-0.1, -0.05) is 66.7 Å². The number of nitriles is 3. The molecule has 0 unspecified atom stereocenters. The Labute approximate surface area is 283 Å². The van der Waals surface area contributed by atoms with E-state index in [1.54, 1.807) is 12.4 Å². The number of fused-ring (bicyclic) bond motifs is 3. The van der Waals surface area contributed by atoms with Gasteiger partial charge < -0.3 is 4.57 Å². The molecule has 49 heavy (non-hydrogen) atoms. The lowest BCUT2D eigenvalue weighted by Crippen LogP contribution is -2.00. The summed E-state index contributed by atoms with van der Waals surface area (Å²) < 4.78 is 2.26. The molecule has 0 saturated carbocycles. The summed E-state index contributed by atoms with van der Waals surface area (Å²) in [5, 5.41) is 31.3. The molecule has 2 heterocycles. The van der Waals surface area contributed by atoms with Crippen LogP contribution in [0, 0.1) is 34.0 Å². The number of pyridine rings is 1. The first-order valence-electron chi connectivity index (χ1n) is 15.8. The molecule has 5 nitrogen and oxygen atoms in total. The Hall–Kier alpha value is -7.26. The summed E-state index contributed by atoms with van der Waals surface area (Å²) >= 11 is 0. The topological polar surface area (TPSA) is 89.2 Å². The summed E-state index contributed by atoms with van der Waals surface area (Å²) in [5.74, 6) is 0. The van der Waals surface area contributed by atoms with Gasteiger partial charge in [-0.15, -0.1) is 0 Å². The molecule has 0 aliphatic rings. The third-order valence-electron chi connectivity index (χ3n) is 9.03. The third kappa shape index (κ3) is 5.17. The van der Waals surface area contributed by atoms with Gasteiger partial charge in [0.2, 0.25) is 0 Å². The Bertz CT molecular complexity index is 2540. The maximum Gasteiger partial charge on any atom is 0.0998 e. The van der Waals surface area contributed by atoms with Gasteiger partial charge in [0.05, 0.1) is 51.6 Å². The summed E-state index contributed by atoms with van der Waals surface area (Å²) in [7, 11) is 0. The van der Waals surface area contributed by atoms with E-state index in [1.807, 2.05) is 84.9 Å². The van der Waals surface area contributed by atoms with Crippen molar-refractivity contribution in [3.63, 3.8) is 0 Å². The molecule has 0 atom stereocenters. The SMILES string of the molecule is N#Cc1ccc(-c2ccc3c(c2)c2cc(-c4ccc(C#N)cc4)ccc2n3-c2cc(C#N)c(-c3ccncc3)cc2-c2ccccc2)cc1. The number of benzene rings is 6. The van der Waals surface area contributed by atoms with Crippen molar-refractivity contribution in [1.82, 2.24) is 9.55 Å². The van der Waals surface area contributed by atoms with Crippen LogP contribution in [-0.4, -0.2) is 9.55 Å². The molecule has 0 fully saturated rings. The minimum absolute atomic E-state index is 0.569. The number of aromatic nitrogens is 2. The monoisotopic (exact) mass is 623 g/mol. The molecule has 0 aliphatic carbocycles. The molecule has 0 aliphatic heterocycles. The highest BCUT2D eigenvalue weighted by Crippen LogP contribution is 2.41. The van der Waals surface area contributed by atoms with Gasteiger partial charge in [-0.2, -0.15) is 15.8 Å². The van der Waals surface area contributed by atoms with Gasteiger partial charge in [0.1, 0.15) is 0 Å². The van der Waals surface area contributed by atoms with Crippen LogP contribution in [0.1, 0.15) is 16.7 Å². The molecule has 2 aromatic heterocycles. The zero-order valence-electron chi connectivity index (χ0n) is 26.2. The van der Waals surface area contributed by atoms with Crippen LogP contribution in [0.15, 0.2) is 152 Å². The lowest BCUT2D eigenvalue weighted by Gasteiger charge is -2.17. The Kier molecular flexibility index (Phi) is 7.24. The Morgan fingerprint density at radius 2 is 0.939 bits per heavy atom. The van der Waals surface area contributed by atoms with E-state index in [0.29, 0.717) is 16.7 Å². The summed E-state index contributed by atoms with van der Waals surface area (Å²) in [4.78, 5) is 4.19. The summed E-state index contributed by atoms with van der Waals surface area (Å²) in [5.41, 5.74) is 12.6. The highest BCUT2D eigenvalue weighted by Gasteiger charge is 2.20. The lowest BCUT2D eigenvalue weighted by atomic mass is 9.93. The smallest absolute Gasteiger partial charge is 0.0998 e. The van der Waals surface area contributed by atoms with Crippen molar-refractivity contribution in [3.8, 4) is 68.4 Å². The Balaban J connectivity index is 1.44. The van der Waals surface area contributed by atoms with E-state index in [-0.39, 0.29) is 0 Å². The Morgan fingerprint density at radius 3 is 1.45 bits per heavy atom. The maximum absolute atomic E-state index is 10.5. The number of hydrogen-bond acceptors (Lipinski definition) is 4. The van der Waals surface area contributed by atoms with E-state index < -0.39 is 0 Å². The van der Waals surface area contributed by atoms with E-state index in [4.69, 9.17) is 0 Å². The van der Waals surface area contributed by atoms with Crippen LogP contribution in [-0.2, 0) is 0 Å². The van der Waals surface area contributed by atoms with Gasteiger partial charge in [0.15, 0.2) is 0 Å². The van der Waals surface area contributed by atoms with Gasteiger partial charge in [0, 0.05) is 34.3 Å². The molecule has 0 spiro atoms. The highest BCUT2D eigenvalue weighted by molar-refractivity contribution is 6.12. The zero-order chi connectivity index (χ0) is 33.3. The van der Waals surface area contributed by atoms with Crippen molar-refractivity contribution < 1.29 is 0 Å². The minimum atomic E-state index is 0.569. The standard InChI is InChI=1S/C44H25N5/c45-26-29-6-10-31(11-7-29)35-14-16-42-40(22-35)41-23-36(32-12-8-30(27-46)9-13-32)15-17-43(41)49(42)44-24-37(28-47)38(34-18-20-48-21-19-34)25-39(44)33-4-2-1-3-5-33/h1-25H. The molecule has 6 aromatic carbocycles. The summed E-state index contributed by atoms with van der Waals surface area (Å²) in [6, 6.07) is 53.3. The molecule has 0 saturated heterocycles. The second-order valence-electron chi connectivity index (χ2n) is 11.8. The number of hydrogen-bond donors (Lipinski definition) is 0. The predicted molar refractivity (Wildman–Crippen MR) is 194 cm³/mol. The van der Waals surface area contributed by atoms with Crippen molar-refractivity contribution in [2.75, 3.05) is 0 Å². The molecular weight excluding hydrogens is 599 g/mol. The molecule has 0 radical (unpaired) electrons. The highest BCUT2D eigenvalue weighted by atomic mass is 15.0. The fourth-order valence-electron chi connectivity index (χ4n) is 6.60. The molecule has 226 valence electrons. The second-order valence-corrected chi connectivity index (χ2v) is 11.8. The van der Waals surface area contributed by atoms with E-state index in [1.165, 1.54) is 0 Å². The van der Waals surface area contributed by atoms with Crippen LogP contribution >= 0.6 is 0 Å². The van der Waals surface area contributed by atoms with Crippen molar-refractivity contribution in [1.29, 1.82) is 15.8 Å². The fraction of sp³-hybridized carbons (Fsp3) is 0. The molecular formula is C44H25N5. The molecule has 0 bridgehead atoms. The van der Waals surface area contributed by atoms with Crippen molar-refractivity contribution in [2.24, 2.45) is 0 Å². The molecule has 8 rings (SSSR count). The molecule has 0 amide bonds. The van der Waals surface area contributed by atoms with E-state index in [0.717, 1.165) is 72.0 Å². The van der Waals surface area contributed by atoms with E-state index in [2.05, 4.69) is 82.4 Å². The van der Waals surface area contributed by atoms with Crippen molar-refractivity contribution in [2.45, 2.75) is 0 Å². The summed E-state index contributed by atoms with van der Waals surface area (Å²) in [6.45, 7) is 0. The van der Waals surface area contributed by atoms with E-state index in [9.17, 15) is 15.8 Å². The van der Waals surface area contributed by atoms with Gasteiger partial charge in [0.25, 0.3) is 0 Å². The first kappa shape index (κ1) is 29.2. The molecule has 8 aromatic rings. The maximum atomic E-state index is 10.5. The van der Waals surface area contributed by atoms with E-state index >= 15 is 0 Å². The summed E-state index contributed by atoms with van der Waals surface area (Å²) in [6.07, 6.45) is 3.49. The minimum Gasteiger partial charge on any atom is -0.309 e. The molecule has 5 heteroatoms. The van der Waals surface area contributed by atoms with Gasteiger partial charge in [-0.05, 0) is 106 Å². The largest absolute Gasteiger partial charge is 0.309 e. The van der Waals surface area contributed by atoms with Crippen LogP contribution in [0.25, 0.3) is 72.0 Å². The van der Waals surface area contributed by atoms with Crippen molar-refractivity contribution >= 4 is 21.8 Å². The average molecular weight is 624 g/mol. The molecule has 0 N–H and O–H groups in total. The van der Waals surface area contributed by atoms with Crippen LogP contribution in [0.4, 0.5) is 0 Å². The van der Waals surface area contributed by atoms with Gasteiger partial charge in [-0.3, -0.25) is 4.98 Å². The quantitative estimate of drug-likeness (QED) is 0.191. The van der Waals surface area contributed by atoms with Crippen LogP contribution in [0.5, 0.6) is 0 Å². The normalized spacial score (nSPS) is 10.8. The number of rotatable bonds is 5. The van der Waals surface area contributed by atoms with Crippen LogP contribution < -0.4 is 0 Å². The van der Waals surface area contributed by atoms with Gasteiger partial charge >= 0.3 is 0 Å². The number of nitrogens with zero attached hydrogens (tertiary/aromatic N) is 5. The predicted octanol–water partition coefficient (Wildman–Crippen LogP) is 10.5. The third-order valence-corrected chi connectivity index (χ3v) is 9.03. The van der Waals surface area contributed by atoms with Crippen LogP contribution in [0.2, 0.25) is 0 Å². The van der Waals surface area contributed by atoms with Crippen LogP contribution in [0.3, 0.4) is 0 Å². The second kappa shape index (κ2) is 12.2. The van der Waals surface area contributed by atoms with Gasteiger partial charge in [-0.25, -0.2) is 0 Å². The first-order chi connectivity index (χ1) is 24.1. The Morgan fingerprint density at radius 1 is 0.429 bits per heavy atom. The average Bonchev–Trinajstić information content (AvgIpc) is 3.51. The lowest BCUT2D eigenvalue weighted by molar-refractivity contribution is 1.18. The zero-order valence-corrected chi connectivity index (χ0v) is 26.2. The van der Waals surface area contributed by atoms with Crippen molar-refractivity contribution in [3.05, 3.63) is 169 Å². The fourth-order valence-corrected chi connectivity index (χ4v) is 6.60.